The van der Waals surface area contributed by atoms with Crippen LogP contribution in [0.15, 0.2) is 194 Å². The van der Waals surface area contributed by atoms with E-state index in [1.807, 2.05) is 0 Å². The molecule has 2 aromatic heterocycles. The van der Waals surface area contributed by atoms with Crippen LogP contribution < -0.4 is 0 Å². The van der Waals surface area contributed by atoms with Crippen molar-refractivity contribution in [3.8, 4) is 39.9 Å². The van der Waals surface area contributed by atoms with E-state index >= 15 is 0 Å². The highest BCUT2D eigenvalue weighted by molar-refractivity contribution is 6.36. The molecule has 0 radical (unpaired) electrons. The molecule has 57 heavy (non-hydrogen) atoms. The van der Waals surface area contributed by atoms with Gasteiger partial charge in [-0.15, -0.1) is 0 Å². The first-order chi connectivity index (χ1) is 28.2. The molecule has 0 aliphatic rings. The van der Waals surface area contributed by atoms with Gasteiger partial charge in [-0.2, -0.15) is 0 Å². The van der Waals surface area contributed by atoms with Gasteiger partial charge in [0.1, 0.15) is 0 Å². The lowest BCUT2D eigenvalue weighted by atomic mass is 9.93. The summed E-state index contributed by atoms with van der Waals surface area (Å²) in [7, 11) is 0. The SMILES string of the molecule is c1ccc2cc(-c3nc(-c4ccc(-n5c6ccccc6c6c7c8ccccc8ccc7c7ccccc7c65)cc4)nc(-c4ccc5ccccc5c4)n3)ccc2c1. The van der Waals surface area contributed by atoms with Crippen molar-refractivity contribution >= 4 is 75.7 Å². The van der Waals surface area contributed by atoms with Crippen LogP contribution in [0.1, 0.15) is 0 Å². The lowest BCUT2D eigenvalue weighted by molar-refractivity contribution is 1.07. The molecular formula is C53H32N4. The molecule has 12 rings (SSSR count). The van der Waals surface area contributed by atoms with Crippen LogP contribution in [0.5, 0.6) is 0 Å². The van der Waals surface area contributed by atoms with Crippen molar-refractivity contribution in [2.24, 2.45) is 0 Å². The first-order valence-corrected chi connectivity index (χ1v) is 19.4. The monoisotopic (exact) mass is 724 g/mol. The summed E-state index contributed by atoms with van der Waals surface area (Å²) in [6.07, 6.45) is 0. The van der Waals surface area contributed by atoms with Gasteiger partial charge in [0.05, 0.1) is 11.0 Å². The molecule has 0 bridgehead atoms. The smallest absolute Gasteiger partial charge is 0.164 e. The lowest BCUT2D eigenvalue weighted by Crippen LogP contribution is -2.01. The number of para-hydroxylation sites is 1. The number of hydrogen-bond acceptors (Lipinski definition) is 3. The average molecular weight is 725 g/mol. The largest absolute Gasteiger partial charge is 0.309 e. The van der Waals surface area contributed by atoms with Crippen LogP contribution in [0, 0.1) is 0 Å². The zero-order valence-electron chi connectivity index (χ0n) is 30.8. The minimum absolute atomic E-state index is 0.632. The van der Waals surface area contributed by atoms with E-state index in [0.29, 0.717) is 17.5 Å². The van der Waals surface area contributed by atoms with Gasteiger partial charge < -0.3 is 4.57 Å². The van der Waals surface area contributed by atoms with Crippen molar-refractivity contribution in [2.45, 2.75) is 0 Å². The Bertz CT molecular complexity index is 3480. The molecule has 4 heteroatoms. The first-order valence-electron chi connectivity index (χ1n) is 19.4. The minimum Gasteiger partial charge on any atom is -0.309 e. The third kappa shape index (κ3) is 4.98. The number of aromatic nitrogens is 4. The Morgan fingerprint density at radius 1 is 0.298 bits per heavy atom. The van der Waals surface area contributed by atoms with Gasteiger partial charge in [0.25, 0.3) is 0 Å². The summed E-state index contributed by atoms with van der Waals surface area (Å²) < 4.78 is 2.44. The van der Waals surface area contributed by atoms with Gasteiger partial charge >= 0.3 is 0 Å². The normalized spacial score (nSPS) is 11.9. The van der Waals surface area contributed by atoms with Crippen LogP contribution in [0.3, 0.4) is 0 Å². The van der Waals surface area contributed by atoms with E-state index in [2.05, 4.69) is 199 Å². The maximum Gasteiger partial charge on any atom is 0.164 e. The second-order valence-corrected chi connectivity index (χ2v) is 14.8. The third-order valence-corrected chi connectivity index (χ3v) is 11.6. The summed E-state index contributed by atoms with van der Waals surface area (Å²) in [4.78, 5) is 15.4. The molecule has 4 nitrogen and oxygen atoms in total. The standard InChI is InChI=1S/C53H32N4/c1-3-14-37-31-39(23-21-33(37)11-1)52-54-51(55-53(56-52)40-24-22-34-12-2-4-15-38(34)32-40)36-25-28-41(29-26-36)57-47-20-10-9-19-46(47)49-48-42-16-6-5-13-35(42)27-30-44(48)43-17-7-8-18-45(43)50(49)57/h1-32H. The van der Waals surface area contributed by atoms with Crippen LogP contribution in [0.25, 0.3) is 116 Å². The molecule has 2 heterocycles. The zero-order chi connectivity index (χ0) is 37.5. The number of nitrogens with zero attached hydrogens (tertiary/aromatic N) is 4. The summed E-state index contributed by atoms with van der Waals surface area (Å²) in [6, 6.07) is 69.3. The van der Waals surface area contributed by atoms with Crippen LogP contribution in [-0.2, 0) is 0 Å². The summed E-state index contributed by atoms with van der Waals surface area (Å²) in [6.45, 7) is 0. The number of benzene rings is 10. The second kappa shape index (κ2) is 12.4. The van der Waals surface area contributed by atoms with Crippen molar-refractivity contribution in [3.05, 3.63) is 194 Å². The average Bonchev–Trinajstić information content (AvgIpc) is 3.64. The Hall–Kier alpha value is -7.69. The van der Waals surface area contributed by atoms with Gasteiger partial charge in [-0.1, -0.05) is 152 Å². The Morgan fingerprint density at radius 2 is 0.772 bits per heavy atom. The van der Waals surface area contributed by atoms with E-state index < -0.39 is 0 Å². The molecule has 0 aliphatic carbocycles. The van der Waals surface area contributed by atoms with E-state index in [-0.39, 0.29) is 0 Å². The number of hydrogen-bond donors (Lipinski definition) is 0. The number of fused-ring (bicyclic) bond motifs is 12. The highest BCUT2D eigenvalue weighted by atomic mass is 15.0. The molecule has 12 aromatic rings. The Morgan fingerprint density at radius 3 is 1.42 bits per heavy atom. The topological polar surface area (TPSA) is 43.6 Å². The molecule has 0 unspecified atom stereocenters. The van der Waals surface area contributed by atoms with Gasteiger partial charge in [-0.05, 0) is 85.6 Å². The molecule has 0 atom stereocenters. The van der Waals surface area contributed by atoms with E-state index in [0.717, 1.165) is 33.2 Å². The Kier molecular flexibility index (Phi) is 6.89. The van der Waals surface area contributed by atoms with E-state index in [4.69, 9.17) is 15.0 Å². The predicted molar refractivity (Wildman–Crippen MR) is 238 cm³/mol. The molecule has 0 saturated heterocycles. The molecule has 0 N–H and O–H groups in total. The van der Waals surface area contributed by atoms with Crippen molar-refractivity contribution in [2.75, 3.05) is 0 Å². The van der Waals surface area contributed by atoms with Crippen LogP contribution in [0.2, 0.25) is 0 Å². The van der Waals surface area contributed by atoms with Gasteiger partial charge in [-0.25, -0.2) is 15.0 Å². The molecule has 10 aromatic carbocycles. The summed E-state index contributed by atoms with van der Waals surface area (Å²) in [5.74, 6) is 1.92. The van der Waals surface area contributed by atoms with Gasteiger partial charge in [-0.3, -0.25) is 0 Å². The predicted octanol–water partition coefficient (Wildman–Crippen LogP) is 13.7. The summed E-state index contributed by atoms with van der Waals surface area (Å²) in [5.41, 5.74) is 6.28. The van der Waals surface area contributed by atoms with Crippen molar-refractivity contribution in [1.82, 2.24) is 19.5 Å². The van der Waals surface area contributed by atoms with Crippen LogP contribution in [-0.4, -0.2) is 19.5 Å². The molecular weight excluding hydrogens is 693 g/mol. The zero-order valence-corrected chi connectivity index (χ0v) is 30.8. The highest BCUT2D eigenvalue weighted by Gasteiger charge is 2.21. The number of rotatable bonds is 4. The fourth-order valence-electron chi connectivity index (χ4n) is 8.89. The molecule has 0 saturated carbocycles. The summed E-state index contributed by atoms with van der Waals surface area (Å²) in [5, 5.41) is 14.7. The van der Waals surface area contributed by atoms with E-state index in [1.54, 1.807) is 0 Å². The maximum atomic E-state index is 5.14. The van der Waals surface area contributed by atoms with Crippen molar-refractivity contribution in [1.29, 1.82) is 0 Å². The Balaban J connectivity index is 1.07. The minimum atomic E-state index is 0.632. The molecule has 264 valence electrons. The highest BCUT2D eigenvalue weighted by Crippen LogP contribution is 2.44. The first kappa shape index (κ1) is 31.6. The van der Waals surface area contributed by atoms with Gasteiger partial charge in [0.15, 0.2) is 17.5 Å². The van der Waals surface area contributed by atoms with Crippen molar-refractivity contribution in [3.63, 3.8) is 0 Å². The fourth-order valence-corrected chi connectivity index (χ4v) is 8.89. The van der Waals surface area contributed by atoms with Crippen LogP contribution >= 0.6 is 0 Å². The lowest BCUT2D eigenvalue weighted by Gasteiger charge is -2.14. The molecule has 0 amide bonds. The molecule has 0 aliphatic heterocycles. The quantitative estimate of drug-likeness (QED) is 0.170. The molecule has 0 fully saturated rings. The summed E-state index contributed by atoms with van der Waals surface area (Å²) >= 11 is 0. The van der Waals surface area contributed by atoms with Crippen LogP contribution in [0.4, 0.5) is 0 Å². The van der Waals surface area contributed by atoms with Gasteiger partial charge in [0, 0.05) is 43.9 Å². The fraction of sp³-hybridized carbons (Fsp3) is 0. The molecule has 0 spiro atoms. The maximum absolute atomic E-state index is 5.14. The third-order valence-electron chi connectivity index (χ3n) is 11.6. The van der Waals surface area contributed by atoms with E-state index in [1.165, 1.54) is 64.9 Å². The van der Waals surface area contributed by atoms with Gasteiger partial charge in [0.2, 0.25) is 0 Å². The van der Waals surface area contributed by atoms with E-state index in [9.17, 15) is 0 Å². The Labute approximate surface area is 328 Å². The van der Waals surface area contributed by atoms with Crippen molar-refractivity contribution < 1.29 is 0 Å². The second-order valence-electron chi connectivity index (χ2n) is 14.8.